The lowest BCUT2D eigenvalue weighted by Gasteiger charge is -2.25. The summed E-state index contributed by atoms with van der Waals surface area (Å²) >= 11 is 3.47. The van der Waals surface area contributed by atoms with Crippen LogP contribution in [0.1, 0.15) is 24.7 Å². The monoisotopic (exact) mass is 294 g/mol. The van der Waals surface area contributed by atoms with Crippen molar-refractivity contribution in [1.82, 2.24) is 19.3 Å². The number of hydrogen-bond donors (Lipinski definition) is 0. The van der Waals surface area contributed by atoms with Crippen molar-refractivity contribution < 1.29 is 0 Å². The molecule has 0 bridgehead atoms. The van der Waals surface area contributed by atoms with Crippen LogP contribution >= 0.6 is 15.9 Å². The molecule has 90 valence electrons. The van der Waals surface area contributed by atoms with E-state index in [0.717, 1.165) is 36.3 Å². The van der Waals surface area contributed by atoms with E-state index in [9.17, 15) is 0 Å². The first kappa shape index (κ1) is 11.2. The molecule has 0 saturated heterocycles. The Hall–Kier alpha value is -0.940. The summed E-state index contributed by atoms with van der Waals surface area (Å²) < 4.78 is 3.11. The minimum absolute atomic E-state index is 0.816. The second-order valence-electron chi connectivity index (χ2n) is 4.47. The second-order valence-corrected chi connectivity index (χ2v) is 5.39. The van der Waals surface area contributed by atoms with Gasteiger partial charge in [0, 0.05) is 31.9 Å². The van der Waals surface area contributed by atoms with Gasteiger partial charge in [0.05, 0.1) is 15.9 Å². The summed E-state index contributed by atoms with van der Waals surface area (Å²) in [5.41, 5.74) is 2.51. The normalized spacial score (nSPS) is 16.4. The van der Waals surface area contributed by atoms with Crippen LogP contribution in [0.3, 0.4) is 0 Å². The highest BCUT2D eigenvalue weighted by Gasteiger charge is 2.21. The summed E-state index contributed by atoms with van der Waals surface area (Å²) in [4.78, 5) is 11.4. The SMILES string of the molecule is CCCN1CCc2nc3ncc(Br)cn3c2C1. The van der Waals surface area contributed by atoms with E-state index in [4.69, 9.17) is 0 Å². The van der Waals surface area contributed by atoms with E-state index in [1.807, 2.05) is 0 Å². The van der Waals surface area contributed by atoms with Crippen molar-refractivity contribution in [3.63, 3.8) is 0 Å². The van der Waals surface area contributed by atoms with E-state index < -0.39 is 0 Å². The molecule has 0 saturated carbocycles. The van der Waals surface area contributed by atoms with Gasteiger partial charge in [0.15, 0.2) is 0 Å². The topological polar surface area (TPSA) is 33.4 Å². The Labute approximate surface area is 109 Å². The predicted molar refractivity (Wildman–Crippen MR) is 70.0 cm³/mol. The molecule has 0 aromatic carbocycles. The lowest BCUT2D eigenvalue weighted by atomic mass is 10.1. The number of hydrogen-bond acceptors (Lipinski definition) is 3. The smallest absolute Gasteiger partial charge is 0.234 e. The van der Waals surface area contributed by atoms with Crippen LogP contribution in [0.2, 0.25) is 0 Å². The van der Waals surface area contributed by atoms with Gasteiger partial charge in [-0.05, 0) is 28.9 Å². The fourth-order valence-electron chi connectivity index (χ4n) is 2.43. The fraction of sp³-hybridized carbons (Fsp3) is 0.500. The molecular weight excluding hydrogens is 280 g/mol. The third-order valence-corrected chi connectivity index (χ3v) is 3.62. The van der Waals surface area contributed by atoms with Gasteiger partial charge in [0.1, 0.15) is 0 Å². The van der Waals surface area contributed by atoms with Crippen molar-refractivity contribution in [3.05, 3.63) is 28.3 Å². The van der Waals surface area contributed by atoms with Crippen LogP contribution in [-0.2, 0) is 13.0 Å². The Morgan fingerprint density at radius 1 is 1.47 bits per heavy atom. The van der Waals surface area contributed by atoms with Crippen LogP contribution in [0.25, 0.3) is 5.78 Å². The van der Waals surface area contributed by atoms with Gasteiger partial charge in [-0.3, -0.25) is 9.30 Å². The Morgan fingerprint density at radius 2 is 2.35 bits per heavy atom. The first-order valence-electron chi connectivity index (χ1n) is 6.01. The zero-order valence-electron chi connectivity index (χ0n) is 9.86. The molecule has 0 unspecified atom stereocenters. The highest BCUT2D eigenvalue weighted by atomic mass is 79.9. The fourth-order valence-corrected chi connectivity index (χ4v) is 2.74. The van der Waals surface area contributed by atoms with Gasteiger partial charge in [-0.25, -0.2) is 9.97 Å². The molecule has 0 atom stereocenters. The van der Waals surface area contributed by atoms with Crippen LogP contribution in [0, 0.1) is 0 Å². The molecule has 3 heterocycles. The number of halogens is 1. The van der Waals surface area contributed by atoms with Crippen molar-refractivity contribution >= 4 is 21.7 Å². The Kier molecular flexibility index (Phi) is 2.88. The number of nitrogens with zero attached hydrogens (tertiary/aromatic N) is 4. The molecule has 0 amide bonds. The molecule has 1 aliphatic heterocycles. The third-order valence-electron chi connectivity index (χ3n) is 3.21. The quantitative estimate of drug-likeness (QED) is 0.852. The Balaban J connectivity index is 2.04. The summed E-state index contributed by atoms with van der Waals surface area (Å²) in [5, 5.41) is 0. The Bertz CT molecular complexity index is 549. The molecule has 0 N–H and O–H groups in total. The first-order valence-corrected chi connectivity index (χ1v) is 6.81. The minimum atomic E-state index is 0.816. The zero-order chi connectivity index (χ0) is 11.8. The van der Waals surface area contributed by atoms with Crippen molar-refractivity contribution in [2.45, 2.75) is 26.3 Å². The summed E-state index contributed by atoms with van der Waals surface area (Å²) in [6.45, 7) is 5.49. The van der Waals surface area contributed by atoms with Gasteiger partial charge in [-0.15, -0.1) is 0 Å². The van der Waals surface area contributed by atoms with Gasteiger partial charge in [-0.2, -0.15) is 0 Å². The average molecular weight is 295 g/mol. The molecule has 0 fully saturated rings. The van der Waals surface area contributed by atoms with Gasteiger partial charge >= 0.3 is 0 Å². The van der Waals surface area contributed by atoms with E-state index in [2.05, 4.69) is 48.3 Å². The second kappa shape index (κ2) is 4.38. The molecule has 5 heteroatoms. The molecule has 1 aliphatic rings. The van der Waals surface area contributed by atoms with Crippen LogP contribution < -0.4 is 0 Å². The lowest BCUT2D eigenvalue weighted by molar-refractivity contribution is 0.249. The van der Waals surface area contributed by atoms with Gasteiger partial charge < -0.3 is 0 Å². The average Bonchev–Trinajstić information content (AvgIpc) is 2.67. The number of aromatic nitrogens is 3. The molecular formula is C12H15BrN4. The van der Waals surface area contributed by atoms with E-state index >= 15 is 0 Å². The molecule has 0 spiro atoms. The van der Waals surface area contributed by atoms with E-state index in [1.54, 1.807) is 6.20 Å². The van der Waals surface area contributed by atoms with Crippen LogP contribution in [0.15, 0.2) is 16.9 Å². The zero-order valence-corrected chi connectivity index (χ0v) is 11.4. The van der Waals surface area contributed by atoms with E-state index in [0.29, 0.717) is 0 Å². The van der Waals surface area contributed by atoms with Crippen molar-refractivity contribution in [2.75, 3.05) is 13.1 Å². The Morgan fingerprint density at radius 3 is 3.18 bits per heavy atom. The van der Waals surface area contributed by atoms with Crippen molar-refractivity contribution in [3.8, 4) is 0 Å². The highest BCUT2D eigenvalue weighted by Crippen LogP contribution is 2.21. The number of rotatable bonds is 2. The largest absolute Gasteiger partial charge is 0.297 e. The van der Waals surface area contributed by atoms with Gasteiger partial charge in [-0.1, -0.05) is 6.92 Å². The summed E-state index contributed by atoms with van der Waals surface area (Å²) in [6, 6.07) is 0. The van der Waals surface area contributed by atoms with Crippen LogP contribution in [-0.4, -0.2) is 32.4 Å². The molecule has 2 aromatic heterocycles. The summed E-state index contributed by atoms with van der Waals surface area (Å²) in [5.74, 6) is 0.816. The third kappa shape index (κ3) is 1.98. The van der Waals surface area contributed by atoms with Crippen molar-refractivity contribution in [2.24, 2.45) is 0 Å². The standard InChI is InChI=1S/C12H15BrN4/c1-2-4-16-5-3-10-11(8-16)17-7-9(13)6-14-12(17)15-10/h6-7H,2-5,8H2,1H3. The van der Waals surface area contributed by atoms with Crippen LogP contribution in [0.4, 0.5) is 0 Å². The summed E-state index contributed by atoms with van der Waals surface area (Å²) in [6.07, 6.45) is 6.10. The van der Waals surface area contributed by atoms with E-state index in [-0.39, 0.29) is 0 Å². The molecule has 2 aromatic rings. The van der Waals surface area contributed by atoms with E-state index in [1.165, 1.54) is 17.8 Å². The van der Waals surface area contributed by atoms with Crippen LogP contribution in [0.5, 0.6) is 0 Å². The highest BCUT2D eigenvalue weighted by molar-refractivity contribution is 9.10. The lowest BCUT2D eigenvalue weighted by Crippen LogP contribution is -2.31. The van der Waals surface area contributed by atoms with Gasteiger partial charge in [0.25, 0.3) is 0 Å². The minimum Gasteiger partial charge on any atom is -0.297 e. The molecule has 4 nitrogen and oxygen atoms in total. The predicted octanol–water partition coefficient (Wildman–Crippen LogP) is 2.26. The number of fused-ring (bicyclic) bond motifs is 3. The first-order chi connectivity index (χ1) is 8.28. The van der Waals surface area contributed by atoms with Crippen molar-refractivity contribution in [1.29, 1.82) is 0 Å². The molecule has 0 aliphatic carbocycles. The molecule has 17 heavy (non-hydrogen) atoms. The number of imidazole rings is 1. The maximum Gasteiger partial charge on any atom is 0.234 e. The maximum atomic E-state index is 4.59. The molecule has 3 rings (SSSR count). The maximum absolute atomic E-state index is 4.59. The summed E-state index contributed by atoms with van der Waals surface area (Å²) in [7, 11) is 0. The van der Waals surface area contributed by atoms with Gasteiger partial charge in [0.2, 0.25) is 5.78 Å². The molecule has 0 radical (unpaired) electrons.